The van der Waals surface area contributed by atoms with Gasteiger partial charge in [0, 0.05) is 17.4 Å². The first-order valence-electron chi connectivity index (χ1n) is 10.2. The molecule has 0 spiro atoms. The van der Waals surface area contributed by atoms with Gasteiger partial charge in [-0.3, -0.25) is 4.57 Å². The van der Waals surface area contributed by atoms with Gasteiger partial charge >= 0.3 is 0 Å². The van der Waals surface area contributed by atoms with Gasteiger partial charge in [-0.1, -0.05) is 29.8 Å². The number of nitrogens with zero attached hydrogens (tertiary/aromatic N) is 3. The second kappa shape index (κ2) is 7.59. The number of ether oxygens (including phenoxy) is 1. The van der Waals surface area contributed by atoms with E-state index < -0.39 is 0 Å². The minimum Gasteiger partial charge on any atom is -0.490 e. The Morgan fingerprint density at radius 1 is 0.929 bits per heavy atom. The molecule has 4 nitrogen and oxygen atoms in total. The molecule has 5 rings (SSSR count). The summed E-state index contributed by atoms with van der Waals surface area (Å²) < 4.78 is 8.47. The monoisotopic (exact) mass is 393 g/mol. The minimum atomic E-state index is 0.288. The SMILES string of the molecule is Clc1ccc2c(c1)CCCc1nnc([C@H]3CC[C@@H](Oc4ccccc4)CC3)n1-2. The summed E-state index contributed by atoms with van der Waals surface area (Å²) in [6.45, 7) is 0. The largest absolute Gasteiger partial charge is 0.490 e. The van der Waals surface area contributed by atoms with Gasteiger partial charge in [0.25, 0.3) is 0 Å². The fraction of sp³-hybridized carbons (Fsp3) is 0.391. The molecule has 2 aliphatic rings. The lowest BCUT2D eigenvalue weighted by Gasteiger charge is -2.29. The smallest absolute Gasteiger partial charge is 0.140 e. The molecule has 28 heavy (non-hydrogen) atoms. The first-order valence-corrected chi connectivity index (χ1v) is 10.6. The second-order valence-corrected chi connectivity index (χ2v) is 8.28. The van der Waals surface area contributed by atoms with E-state index in [1.165, 1.54) is 11.3 Å². The Hall–Kier alpha value is -2.33. The molecule has 1 saturated carbocycles. The maximum Gasteiger partial charge on any atom is 0.140 e. The van der Waals surface area contributed by atoms with Crippen molar-refractivity contribution in [2.24, 2.45) is 0 Å². The van der Waals surface area contributed by atoms with Crippen LogP contribution in [0.15, 0.2) is 48.5 Å². The molecule has 3 aromatic rings. The molecule has 0 amide bonds. The fourth-order valence-corrected chi connectivity index (χ4v) is 4.75. The molecule has 0 bridgehead atoms. The summed E-state index contributed by atoms with van der Waals surface area (Å²) in [6, 6.07) is 16.3. The Morgan fingerprint density at radius 2 is 1.75 bits per heavy atom. The van der Waals surface area contributed by atoms with Crippen LogP contribution in [0.3, 0.4) is 0 Å². The first-order chi connectivity index (χ1) is 13.8. The van der Waals surface area contributed by atoms with Crippen molar-refractivity contribution in [1.82, 2.24) is 14.8 Å². The van der Waals surface area contributed by atoms with E-state index in [4.69, 9.17) is 16.3 Å². The number of hydrogen-bond acceptors (Lipinski definition) is 3. The van der Waals surface area contributed by atoms with Gasteiger partial charge in [0.2, 0.25) is 0 Å². The molecule has 0 radical (unpaired) electrons. The molecule has 1 aliphatic heterocycles. The van der Waals surface area contributed by atoms with E-state index in [0.29, 0.717) is 5.92 Å². The van der Waals surface area contributed by atoms with Crippen molar-refractivity contribution in [3.05, 3.63) is 70.8 Å². The van der Waals surface area contributed by atoms with Gasteiger partial charge in [-0.2, -0.15) is 0 Å². The maximum atomic E-state index is 6.25. The summed E-state index contributed by atoms with van der Waals surface area (Å²) in [5.41, 5.74) is 2.51. The van der Waals surface area contributed by atoms with E-state index in [1.54, 1.807) is 0 Å². The van der Waals surface area contributed by atoms with Crippen LogP contribution in [0.5, 0.6) is 5.75 Å². The number of aryl methyl sites for hydroxylation is 2. The highest BCUT2D eigenvalue weighted by Gasteiger charge is 2.30. The van der Waals surface area contributed by atoms with Crippen molar-refractivity contribution >= 4 is 11.6 Å². The number of hydrogen-bond donors (Lipinski definition) is 0. The molecule has 0 saturated heterocycles. The van der Waals surface area contributed by atoms with Gasteiger partial charge in [0.05, 0.1) is 11.8 Å². The second-order valence-electron chi connectivity index (χ2n) is 7.84. The Bertz CT molecular complexity index is 961. The van der Waals surface area contributed by atoms with Gasteiger partial charge in [0.1, 0.15) is 17.4 Å². The van der Waals surface area contributed by atoms with Crippen molar-refractivity contribution in [3.63, 3.8) is 0 Å². The fourth-order valence-electron chi connectivity index (χ4n) is 4.56. The quantitative estimate of drug-likeness (QED) is 0.588. The first kappa shape index (κ1) is 17.7. The Morgan fingerprint density at radius 3 is 2.57 bits per heavy atom. The Kier molecular flexibility index (Phi) is 4.81. The highest BCUT2D eigenvalue weighted by molar-refractivity contribution is 6.30. The maximum absolute atomic E-state index is 6.25. The number of halogens is 1. The van der Waals surface area contributed by atoms with E-state index in [-0.39, 0.29) is 6.10 Å². The van der Waals surface area contributed by atoms with E-state index in [9.17, 15) is 0 Å². The summed E-state index contributed by atoms with van der Waals surface area (Å²) >= 11 is 6.25. The van der Waals surface area contributed by atoms with Crippen molar-refractivity contribution in [2.75, 3.05) is 0 Å². The van der Waals surface area contributed by atoms with Crippen LogP contribution in [-0.4, -0.2) is 20.9 Å². The topological polar surface area (TPSA) is 39.9 Å². The van der Waals surface area contributed by atoms with Crippen LogP contribution in [0.1, 0.15) is 55.2 Å². The summed E-state index contributed by atoms with van der Waals surface area (Å²) in [5.74, 6) is 3.59. The number of fused-ring (bicyclic) bond motifs is 3. The molecule has 0 unspecified atom stereocenters. The predicted octanol–water partition coefficient (Wildman–Crippen LogP) is 5.51. The minimum absolute atomic E-state index is 0.288. The molecular formula is C23H24ClN3O. The Balaban J connectivity index is 1.37. The van der Waals surface area contributed by atoms with Crippen molar-refractivity contribution < 1.29 is 4.74 Å². The normalized spacial score (nSPS) is 21.5. The molecule has 1 aromatic heterocycles. The van der Waals surface area contributed by atoms with Gasteiger partial charge < -0.3 is 4.74 Å². The van der Waals surface area contributed by atoms with E-state index in [1.807, 2.05) is 36.4 Å². The van der Waals surface area contributed by atoms with E-state index >= 15 is 0 Å². The summed E-state index contributed by atoms with van der Waals surface area (Å²) in [5, 5.41) is 9.98. The highest BCUT2D eigenvalue weighted by Crippen LogP contribution is 2.37. The zero-order chi connectivity index (χ0) is 18.9. The van der Waals surface area contributed by atoms with Crippen LogP contribution >= 0.6 is 11.6 Å². The molecule has 1 fully saturated rings. The Labute approximate surface area is 170 Å². The van der Waals surface area contributed by atoms with Crippen LogP contribution in [-0.2, 0) is 12.8 Å². The van der Waals surface area contributed by atoms with Gasteiger partial charge in [-0.25, -0.2) is 0 Å². The zero-order valence-corrected chi connectivity index (χ0v) is 16.6. The number of rotatable bonds is 3. The molecule has 2 aromatic carbocycles. The van der Waals surface area contributed by atoms with Crippen LogP contribution in [0.2, 0.25) is 5.02 Å². The molecule has 1 aliphatic carbocycles. The third-order valence-electron chi connectivity index (χ3n) is 5.97. The van der Waals surface area contributed by atoms with Crippen LogP contribution in [0.25, 0.3) is 5.69 Å². The standard InChI is InChI=1S/C23H24ClN3O/c24-18-11-14-21-17(15-18)5-4-8-22-25-26-23(27(21)22)16-9-12-20(13-10-16)28-19-6-2-1-3-7-19/h1-3,6-7,11,14-16,20H,4-5,8-10,12-13H2/t16-,20+. The van der Waals surface area contributed by atoms with Gasteiger partial charge in [-0.05, 0) is 74.4 Å². The zero-order valence-electron chi connectivity index (χ0n) is 15.9. The number of benzene rings is 2. The van der Waals surface area contributed by atoms with Gasteiger partial charge in [-0.15, -0.1) is 10.2 Å². The van der Waals surface area contributed by atoms with Crippen LogP contribution in [0.4, 0.5) is 0 Å². The molecule has 5 heteroatoms. The molecule has 0 atom stereocenters. The lowest BCUT2D eigenvalue weighted by atomic mass is 9.86. The molecule has 144 valence electrons. The lowest BCUT2D eigenvalue weighted by molar-refractivity contribution is 0.144. The third kappa shape index (κ3) is 3.42. The highest BCUT2D eigenvalue weighted by atomic mass is 35.5. The van der Waals surface area contributed by atoms with Gasteiger partial charge in [0.15, 0.2) is 0 Å². The predicted molar refractivity (Wildman–Crippen MR) is 110 cm³/mol. The lowest BCUT2D eigenvalue weighted by Crippen LogP contribution is -2.24. The average molecular weight is 394 g/mol. The third-order valence-corrected chi connectivity index (χ3v) is 6.20. The van der Waals surface area contributed by atoms with Crippen LogP contribution < -0.4 is 4.74 Å². The average Bonchev–Trinajstić information content (AvgIpc) is 3.05. The van der Waals surface area contributed by atoms with Crippen molar-refractivity contribution in [3.8, 4) is 11.4 Å². The summed E-state index contributed by atoms with van der Waals surface area (Å²) in [4.78, 5) is 0. The van der Waals surface area contributed by atoms with Crippen LogP contribution in [0, 0.1) is 0 Å². The summed E-state index contributed by atoms with van der Waals surface area (Å²) in [6.07, 6.45) is 7.64. The number of aromatic nitrogens is 3. The molecule has 0 N–H and O–H groups in total. The van der Waals surface area contributed by atoms with E-state index in [0.717, 1.165) is 67.4 Å². The van der Waals surface area contributed by atoms with E-state index in [2.05, 4.69) is 26.9 Å². The number of para-hydroxylation sites is 1. The molecular weight excluding hydrogens is 370 g/mol. The van der Waals surface area contributed by atoms with Crippen molar-refractivity contribution in [2.45, 2.75) is 57.0 Å². The molecule has 2 heterocycles. The summed E-state index contributed by atoms with van der Waals surface area (Å²) in [7, 11) is 0. The van der Waals surface area contributed by atoms with Crippen molar-refractivity contribution in [1.29, 1.82) is 0 Å².